The minimum absolute atomic E-state index is 0.107. The van der Waals surface area contributed by atoms with Gasteiger partial charge in [-0.05, 0) is 12.1 Å². The van der Waals surface area contributed by atoms with Crippen LogP contribution >= 0.6 is 0 Å². The first-order chi connectivity index (χ1) is 9.93. The van der Waals surface area contributed by atoms with E-state index < -0.39 is 36.0 Å². The van der Waals surface area contributed by atoms with Gasteiger partial charge in [0.1, 0.15) is 0 Å². The van der Waals surface area contributed by atoms with E-state index in [9.17, 15) is 31.1 Å². The Morgan fingerprint density at radius 1 is 1.09 bits per heavy atom. The highest BCUT2D eigenvalue weighted by Crippen LogP contribution is 2.50. The van der Waals surface area contributed by atoms with E-state index in [2.05, 4.69) is 10.2 Å². The minimum Gasteiger partial charge on any atom is -0.369 e. The van der Waals surface area contributed by atoms with Crippen molar-refractivity contribution in [2.45, 2.75) is 18.0 Å². The van der Waals surface area contributed by atoms with Gasteiger partial charge in [-0.1, -0.05) is 12.1 Å². The lowest BCUT2D eigenvalue weighted by molar-refractivity contribution is -0.376. The largest absolute Gasteiger partial charge is 0.430 e. The lowest BCUT2D eigenvalue weighted by Gasteiger charge is -2.32. The zero-order valence-electron chi connectivity index (χ0n) is 10.6. The molecule has 1 amide bonds. The van der Waals surface area contributed by atoms with Gasteiger partial charge in [-0.25, -0.2) is 6.57 Å². The fourth-order valence-corrected chi connectivity index (χ4v) is 1.56. The third-order valence-corrected chi connectivity index (χ3v) is 2.63. The zero-order chi connectivity index (χ0) is 17.2. The van der Waals surface area contributed by atoms with Crippen LogP contribution in [0.5, 0.6) is 0 Å². The average Bonchev–Trinajstić information content (AvgIpc) is 2.36. The molecule has 22 heavy (non-hydrogen) atoms. The Balaban J connectivity index is 3.16. The van der Waals surface area contributed by atoms with Crippen molar-refractivity contribution >= 4 is 11.6 Å². The first-order valence-electron chi connectivity index (χ1n) is 5.53. The molecular formula is C12H8F6N2O2. The van der Waals surface area contributed by atoms with Gasteiger partial charge in [0.2, 0.25) is 0 Å². The van der Waals surface area contributed by atoms with E-state index in [-0.39, 0.29) is 5.69 Å². The molecule has 0 heterocycles. The summed E-state index contributed by atoms with van der Waals surface area (Å²) in [7, 11) is 0. The highest BCUT2D eigenvalue weighted by molar-refractivity contribution is 5.93. The predicted octanol–water partition coefficient (Wildman–Crippen LogP) is 2.86. The van der Waals surface area contributed by atoms with Crippen molar-refractivity contribution in [1.29, 1.82) is 0 Å². The topological polar surface area (TPSA) is 53.7 Å². The van der Waals surface area contributed by atoms with Crippen LogP contribution < -0.4 is 5.32 Å². The molecule has 0 saturated heterocycles. The molecule has 1 rings (SSSR count). The van der Waals surface area contributed by atoms with E-state index in [1.807, 2.05) is 0 Å². The van der Waals surface area contributed by atoms with Gasteiger partial charge in [0, 0.05) is 11.3 Å². The number of anilines is 1. The molecule has 0 bridgehead atoms. The Kier molecular flexibility index (Phi) is 4.72. The summed E-state index contributed by atoms with van der Waals surface area (Å²) in [5.41, 5.74) is -6.56. The molecule has 2 N–H and O–H groups in total. The summed E-state index contributed by atoms with van der Waals surface area (Å²) in [4.78, 5) is 13.8. The number of carbonyl (C=O) groups excluding carboxylic acids is 1. The standard InChI is InChI=1S/C12H8F6N2O2/c1-19-6-9(21)20-8-4-2-7(3-5-8)10(22,11(13,14)15)12(16,17)18/h2-5,22H,6H2,(H,20,21). The van der Waals surface area contributed by atoms with Crippen molar-refractivity contribution in [3.8, 4) is 0 Å². The monoisotopic (exact) mass is 326 g/mol. The van der Waals surface area contributed by atoms with Crippen LogP contribution in [0.1, 0.15) is 5.56 Å². The molecule has 0 aliphatic carbocycles. The van der Waals surface area contributed by atoms with Crippen LogP contribution in [0.25, 0.3) is 4.85 Å². The SMILES string of the molecule is [C-]#[N+]CC(=O)Nc1ccc(C(O)(C(F)(F)F)C(F)(F)F)cc1. The Morgan fingerprint density at radius 2 is 1.55 bits per heavy atom. The molecule has 0 atom stereocenters. The second-order valence-electron chi connectivity index (χ2n) is 4.15. The normalized spacial score (nSPS) is 12.6. The number of nitrogens with zero attached hydrogens (tertiary/aromatic N) is 1. The van der Waals surface area contributed by atoms with Gasteiger partial charge in [0.05, 0.1) is 0 Å². The van der Waals surface area contributed by atoms with Crippen LogP contribution in [-0.2, 0) is 10.4 Å². The van der Waals surface area contributed by atoms with E-state index in [4.69, 9.17) is 11.7 Å². The van der Waals surface area contributed by atoms with Gasteiger partial charge in [-0.15, -0.1) is 0 Å². The number of aliphatic hydroxyl groups is 1. The van der Waals surface area contributed by atoms with Crippen molar-refractivity contribution in [2.24, 2.45) is 0 Å². The summed E-state index contributed by atoms with van der Waals surface area (Å²) >= 11 is 0. The molecule has 0 radical (unpaired) electrons. The second-order valence-corrected chi connectivity index (χ2v) is 4.15. The molecule has 4 nitrogen and oxygen atoms in total. The van der Waals surface area contributed by atoms with Gasteiger partial charge >= 0.3 is 18.3 Å². The highest BCUT2D eigenvalue weighted by atomic mass is 19.4. The molecule has 1 aromatic carbocycles. The highest BCUT2D eigenvalue weighted by Gasteiger charge is 2.71. The molecule has 1 aromatic rings. The van der Waals surface area contributed by atoms with Crippen LogP contribution in [0.15, 0.2) is 24.3 Å². The van der Waals surface area contributed by atoms with Crippen molar-refractivity contribution in [2.75, 3.05) is 11.9 Å². The summed E-state index contributed by atoms with van der Waals surface area (Å²) in [6.45, 7) is 5.89. The molecule has 0 spiro atoms. The maximum atomic E-state index is 12.6. The Morgan fingerprint density at radius 3 is 1.91 bits per heavy atom. The number of amides is 1. The van der Waals surface area contributed by atoms with Crippen LogP contribution in [0.3, 0.4) is 0 Å². The number of nitrogens with one attached hydrogen (secondary N) is 1. The van der Waals surface area contributed by atoms with E-state index in [1.165, 1.54) is 0 Å². The molecule has 10 heteroatoms. The second kappa shape index (κ2) is 5.84. The average molecular weight is 326 g/mol. The van der Waals surface area contributed by atoms with Crippen molar-refractivity contribution in [1.82, 2.24) is 0 Å². The molecule has 0 aliphatic heterocycles. The molecule has 0 aromatic heterocycles. The van der Waals surface area contributed by atoms with E-state index in [0.717, 1.165) is 12.1 Å². The van der Waals surface area contributed by atoms with Crippen LogP contribution in [0.4, 0.5) is 32.0 Å². The molecular weight excluding hydrogens is 318 g/mol. The minimum atomic E-state index is -5.97. The molecule has 0 unspecified atom stereocenters. The summed E-state index contributed by atoms with van der Waals surface area (Å²) < 4.78 is 75.7. The quantitative estimate of drug-likeness (QED) is 0.663. The predicted molar refractivity (Wildman–Crippen MR) is 62.5 cm³/mol. The van der Waals surface area contributed by atoms with Gasteiger partial charge < -0.3 is 15.3 Å². The van der Waals surface area contributed by atoms with Crippen LogP contribution in [0, 0.1) is 6.57 Å². The summed E-state index contributed by atoms with van der Waals surface area (Å²) in [5, 5.41) is 11.2. The number of benzene rings is 1. The van der Waals surface area contributed by atoms with Crippen molar-refractivity contribution < 1.29 is 36.2 Å². The van der Waals surface area contributed by atoms with Crippen molar-refractivity contribution in [3.05, 3.63) is 41.2 Å². The third kappa shape index (κ3) is 3.30. The summed E-state index contributed by atoms with van der Waals surface area (Å²) in [5.74, 6) is -0.773. The Labute approximate surface area is 120 Å². The Hall–Kier alpha value is -2.28. The van der Waals surface area contributed by atoms with Gasteiger partial charge in [-0.2, -0.15) is 26.3 Å². The number of carbonyl (C=O) groups is 1. The number of halogens is 6. The van der Waals surface area contributed by atoms with E-state index in [1.54, 1.807) is 0 Å². The smallest absolute Gasteiger partial charge is 0.369 e. The lowest BCUT2D eigenvalue weighted by Crippen LogP contribution is -2.53. The number of alkyl halides is 6. The summed E-state index contributed by atoms with van der Waals surface area (Å²) in [6, 6.07) is 2.32. The lowest BCUT2D eigenvalue weighted by atomic mass is 9.92. The number of hydrogen-bond acceptors (Lipinski definition) is 2. The van der Waals surface area contributed by atoms with Crippen LogP contribution in [-0.4, -0.2) is 29.9 Å². The van der Waals surface area contributed by atoms with E-state index >= 15 is 0 Å². The zero-order valence-corrected chi connectivity index (χ0v) is 10.6. The van der Waals surface area contributed by atoms with Gasteiger partial charge in [0.15, 0.2) is 0 Å². The van der Waals surface area contributed by atoms with Gasteiger partial charge in [0.25, 0.3) is 12.1 Å². The third-order valence-electron chi connectivity index (χ3n) is 2.63. The van der Waals surface area contributed by atoms with Gasteiger partial charge in [-0.3, -0.25) is 4.79 Å². The van der Waals surface area contributed by atoms with Crippen molar-refractivity contribution in [3.63, 3.8) is 0 Å². The molecule has 120 valence electrons. The summed E-state index contributed by atoms with van der Waals surface area (Å²) in [6.07, 6.45) is -11.9. The fourth-order valence-electron chi connectivity index (χ4n) is 1.56. The molecule has 0 saturated carbocycles. The number of rotatable bonds is 3. The molecule has 0 fully saturated rings. The van der Waals surface area contributed by atoms with E-state index in [0.29, 0.717) is 12.1 Å². The maximum absolute atomic E-state index is 12.6. The number of hydrogen-bond donors (Lipinski definition) is 2. The Bertz CT molecular complexity index is 572. The first-order valence-corrected chi connectivity index (χ1v) is 5.53. The molecule has 0 aliphatic rings. The fraction of sp³-hybridized carbons (Fsp3) is 0.333. The first kappa shape index (κ1) is 17.8. The van der Waals surface area contributed by atoms with Crippen LogP contribution in [0.2, 0.25) is 0 Å². The maximum Gasteiger partial charge on any atom is 0.430 e.